The van der Waals surface area contributed by atoms with Crippen LogP contribution >= 0.6 is 0 Å². The zero-order valence-corrected chi connectivity index (χ0v) is 21.8. The van der Waals surface area contributed by atoms with E-state index < -0.39 is 11.9 Å². The van der Waals surface area contributed by atoms with E-state index in [2.05, 4.69) is 0 Å². The SMILES string of the molecule is CC(C)c1cc(C(=O)O)c(O)c(C(C)C)c1.CC(C)c1cc(C(=O)O)c(O)c(C(C)C)c1.[Mn]. The first-order valence-electron chi connectivity index (χ1n) is 10.9. The molecule has 33 heavy (non-hydrogen) atoms. The largest absolute Gasteiger partial charge is 0.507 e. The summed E-state index contributed by atoms with van der Waals surface area (Å²) in [5.41, 5.74) is 3.27. The molecule has 4 N–H and O–H groups in total. The zero-order chi connectivity index (χ0) is 24.9. The Balaban J connectivity index is 0.000000602. The molecule has 2 aromatic rings. The molecule has 6 nitrogen and oxygen atoms in total. The number of hydrogen-bond donors (Lipinski definition) is 4. The van der Waals surface area contributed by atoms with Gasteiger partial charge in [-0.05, 0) is 58.1 Å². The molecule has 183 valence electrons. The van der Waals surface area contributed by atoms with E-state index in [1.807, 2.05) is 67.5 Å². The summed E-state index contributed by atoms with van der Waals surface area (Å²) in [4.78, 5) is 22.0. The van der Waals surface area contributed by atoms with Crippen LogP contribution in [0.15, 0.2) is 24.3 Å². The Labute approximate surface area is 207 Å². The van der Waals surface area contributed by atoms with Gasteiger partial charge in [0.2, 0.25) is 0 Å². The van der Waals surface area contributed by atoms with Gasteiger partial charge in [0.05, 0.1) is 0 Å². The van der Waals surface area contributed by atoms with Gasteiger partial charge in [-0.2, -0.15) is 0 Å². The Kier molecular flexibility index (Phi) is 11.7. The number of hydrogen-bond acceptors (Lipinski definition) is 4. The quantitative estimate of drug-likeness (QED) is 0.330. The zero-order valence-electron chi connectivity index (χ0n) is 20.6. The third-order valence-electron chi connectivity index (χ3n) is 5.36. The Bertz CT molecular complexity index is 898. The minimum Gasteiger partial charge on any atom is -0.507 e. The van der Waals surface area contributed by atoms with Crippen molar-refractivity contribution < 1.29 is 47.1 Å². The van der Waals surface area contributed by atoms with Gasteiger partial charge in [0, 0.05) is 17.1 Å². The van der Waals surface area contributed by atoms with Gasteiger partial charge in [-0.3, -0.25) is 0 Å². The first kappa shape index (κ1) is 30.5. The molecule has 0 aliphatic carbocycles. The maximum absolute atomic E-state index is 11.0. The maximum atomic E-state index is 11.0. The van der Waals surface area contributed by atoms with Crippen LogP contribution in [0, 0.1) is 0 Å². The summed E-state index contributed by atoms with van der Waals surface area (Å²) in [6.07, 6.45) is 0. The fourth-order valence-corrected chi connectivity index (χ4v) is 3.23. The van der Waals surface area contributed by atoms with Crippen molar-refractivity contribution in [3.63, 3.8) is 0 Å². The van der Waals surface area contributed by atoms with Crippen molar-refractivity contribution in [1.29, 1.82) is 0 Å². The van der Waals surface area contributed by atoms with E-state index in [0.717, 1.165) is 11.1 Å². The average Bonchev–Trinajstić information content (AvgIpc) is 2.67. The molecule has 1 radical (unpaired) electrons. The van der Waals surface area contributed by atoms with Crippen molar-refractivity contribution in [3.05, 3.63) is 57.6 Å². The molecule has 7 heteroatoms. The standard InChI is InChI=1S/2C13H18O3.Mn/c2*1-7(2)9-5-10(8(3)4)12(14)11(6-9)13(15)16;/h2*5-8,14H,1-4H3,(H,15,16);. The average molecular weight is 500 g/mol. The maximum Gasteiger partial charge on any atom is 0.339 e. The van der Waals surface area contributed by atoms with Gasteiger partial charge in [-0.25, -0.2) is 9.59 Å². The van der Waals surface area contributed by atoms with Crippen LogP contribution in [0.25, 0.3) is 0 Å². The minimum atomic E-state index is -1.08. The number of carboxylic acid groups (broad SMARTS) is 2. The number of aromatic hydroxyl groups is 2. The Morgan fingerprint density at radius 2 is 0.848 bits per heavy atom. The molecule has 0 saturated carbocycles. The molecule has 0 bridgehead atoms. The number of carboxylic acids is 2. The number of carbonyl (C=O) groups is 2. The molecular formula is C26H36MnO6. The molecular weight excluding hydrogens is 463 g/mol. The molecule has 2 rings (SSSR count). The van der Waals surface area contributed by atoms with E-state index >= 15 is 0 Å². The van der Waals surface area contributed by atoms with Crippen molar-refractivity contribution in [2.24, 2.45) is 0 Å². The Morgan fingerprint density at radius 3 is 1.03 bits per heavy atom. The fourth-order valence-electron chi connectivity index (χ4n) is 3.23. The summed E-state index contributed by atoms with van der Waals surface area (Å²) in [5, 5.41) is 37.7. The van der Waals surface area contributed by atoms with Crippen LogP contribution in [0.2, 0.25) is 0 Å². The monoisotopic (exact) mass is 499 g/mol. The van der Waals surface area contributed by atoms with Crippen molar-refractivity contribution >= 4 is 11.9 Å². The second kappa shape index (κ2) is 12.7. The van der Waals surface area contributed by atoms with E-state index in [1.165, 1.54) is 0 Å². The van der Waals surface area contributed by atoms with Gasteiger partial charge in [-0.1, -0.05) is 67.5 Å². The molecule has 0 heterocycles. The van der Waals surface area contributed by atoms with Crippen LogP contribution in [0.3, 0.4) is 0 Å². The summed E-state index contributed by atoms with van der Waals surface area (Å²) in [6.45, 7) is 15.7. The van der Waals surface area contributed by atoms with Crippen molar-refractivity contribution in [3.8, 4) is 11.5 Å². The Hall–Kier alpha value is -2.50. The smallest absolute Gasteiger partial charge is 0.339 e. The molecule has 0 atom stereocenters. The summed E-state index contributed by atoms with van der Waals surface area (Å²) in [7, 11) is 0. The summed E-state index contributed by atoms with van der Waals surface area (Å²) >= 11 is 0. The van der Waals surface area contributed by atoms with Crippen LogP contribution in [-0.4, -0.2) is 32.4 Å². The van der Waals surface area contributed by atoms with Crippen molar-refractivity contribution in [1.82, 2.24) is 0 Å². The topological polar surface area (TPSA) is 115 Å². The van der Waals surface area contributed by atoms with Gasteiger partial charge in [-0.15, -0.1) is 0 Å². The summed E-state index contributed by atoms with van der Waals surface area (Å²) in [6, 6.07) is 6.87. The van der Waals surface area contributed by atoms with Gasteiger partial charge < -0.3 is 20.4 Å². The second-order valence-electron chi connectivity index (χ2n) is 9.24. The minimum absolute atomic E-state index is 0. The predicted molar refractivity (Wildman–Crippen MR) is 126 cm³/mol. The van der Waals surface area contributed by atoms with Gasteiger partial charge >= 0.3 is 11.9 Å². The van der Waals surface area contributed by atoms with Crippen molar-refractivity contribution in [2.75, 3.05) is 0 Å². The molecule has 0 fully saturated rings. The molecule has 0 spiro atoms. The molecule has 2 aromatic carbocycles. The Morgan fingerprint density at radius 1 is 0.576 bits per heavy atom. The van der Waals surface area contributed by atoms with E-state index in [1.54, 1.807) is 12.1 Å². The third kappa shape index (κ3) is 7.79. The third-order valence-corrected chi connectivity index (χ3v) is 5.36. The molecule has 0 saturated heterocycles. The number of rotatable bonds is 6. The molecule has 0 unspecified atom stereocenters. The second-order valence-corrected chi connectivity index (χ2v) is 9.24. The first-order chi connectivity index (χ1) is 14.7. The number of benzene rings is 2. The molecule has 0 amide bonds. The summed E-state index contributed by atoms with van der Waals surface area (Å²) in [5.74, 6) is -1.66. The van der Waals surface area contributed by atoms with Crippen LogP contribution in [-0.2, 0) is 17.1 Å². The van der Waals surface area contributed by atoms with E-state index in [4.69, 9.17) is 10.2 Å². The van der Waals surface area contributed by atoms with Crippen molar-refractivity contribution in [2.45, 2.75) is 79.1 Å². The normalized spacial score (nSPS) is 10.8. The molecule has 0 aromatic heterocycles. The van der Waals surface area contributed by atoms with Gasteiger partial charge in [0.15, 0.2) is 0 Å². The number of aromatic carboxylic acids is 2. The van der Waals surface area contributed by atoms with Gasteiger partial charge in [0.25, 0.3) is 0 Å². The van der Waals surface area contributed by atoms with Gasteiger partial charge in [0.1, 0.15) is 22.6 Å². The van der Waals surface area contributed by atoms with Crippen LogP contribution in [0.4, 0.5) is 0 Å². The van der Waals surface area contributed by atoms with E-state index in [-0.39, 0.29) is 63.4 Å². The van der Waals surface area contributed by atoms with E-state index in [0.29, 0.717) is 11.1 Å². The fraction of sp³-hybridized carbons (Fsp3) is 0.462. The van der Waals surface area contributed by atoms with E-state index in [9.17, 15) is 19.8 Å². The molecule has 0 aliphatic rings. The first-order valence-corrected chi connectivity index (χ1v) is 10.9. The molecule has 0 aliphatic heterocycles. The van der Waals surface area contributed by atoms with Crippen LogP contribution in [0.1, 0.15) is 122 Å². The predicted octanol–water partition coefficient (Wildman–Crippen LogP) is 6.67. The van der Waals surface area contributed by atoms with Crippen LogP contribution in [0.5, 0.6) is 11.5 Å². The number of phenols is 2. The van der Waals surface area contributed by atoms with Crippen LogP contribution < -0.4 is 0 Å². The summed E-state index contributed by atoms with van der Waals surface area (Å²) < 4.78 is 0.